The molecule has 2 aromatic rings. The van der Waals surface area contributed by atoms with Gasteiger partial charge in [-0.25, -0.2) is 0 Å². The Morgan fingerprint density at radius 2 is 1.81 bits per heavy atom. The van der Waals surface area contributed by atoms with Crippen molar-refractivity contribution in [2.75, 3.05) is 18.0 Å². The zero-order valence-electron chi connectivity index (χ0n) is 15.0. The standard InChI is InChI=1S/C21H24Cl2N2O/c1-2-21(26)25(20-14-17(22)8-9-19(20)23)18-10-12-24(13-11-18)15-16-6-4-3-5-7-16/h3-9,14,18H,2,10-13,15H2,1H3. The minimum Gasteiger partial charge on any atom is -0.308 e. The van der Waals surface area contributed by atoms with Gasteiger partial charge in [0.2, 0.25) is 5.91 Å². The highest BCUT2D eigenvalue weighted by atomic mass is 35.5. The van der Waals surface area contributed by atoms with Gasteiger partial charge in [-0.05, 0) is 36.6 Å². The molecule has 0 saturated carbocycles. The number of anilines is 1. The van der Waals surface area contributed by atoms with Crippen LogP contribution in [0.2, 0.25) is 10.0 Å². The summed E-state index contributed by atoms with van der Waals surface area (Å²) < 4.78 is 0. The molecule has 1 aliphatic heterocycles. The molecular weight excluding hydrogens is 367 g/mol. The monoisotopic (exact) mass is 390 g/mol. The fourth-order valence-corrected chi connectivity index (χ4v) is 3.93. The van der Waals surface area contributed by atoms with E-state index in [9.17, 15) is 4.79 Å². The third-order valence-electron chi connectivity index (χ3n) is 4.91. The van der Waals surface area contributed by atoms with E-state index in [0.29, 0.717) is 16.5 Å². The third kappa shape index (κ3) is 4.59. The van der Waals surface area contributed by atoms with Crippen LogP contribution in [0, 0.1) is 0 Å². The molecule has 1 saturated heterocycles. The lowest BCUT2D eigenvalue weighted by Gasteiger charge is -2.39. The number of piperidine rings is 1. The van der Waals surface area contributed by atoms with Gasteiger partial charge >= 0.3 is 0 Å². The van der Waals surface area contributed by atoms with Gasteiger partial charge in [-0.3, -0.25) is 9.69 Å². The summed E-state index contributed by atoms with van der Waals surface area (Å²) in [6, 6.07) is 16.0. The van der Waals surface area contributed by atoms with Crippen molar-refractivity contribution in [2.45, 2.75) is 38.8 Å². The van der Waals surface area contributed by atoms with Crippen LogP contribution in [-0.4, -0.2) is 29.9 Å². The first-order valence-corrected chi connectivity index (χ1v) is 9.87. The van der Waals surface area contributed by atoms with Crippen LogP contribution in [0.1, 0.15) is 31.7 Å². The predicted molar refractivity (Wildman–Crippen MR) is 109 cm³/mol. The number of amides is 1. The number of hydrogen-bond acceptors (Lipinski definition) is 2. The molecule has 0 atom stereocenters. The average Bonchev–Trinajstić information content (AvgIpc) is 2.66. The minimum atomic E-state index is 0.0932. The van der Waals surface area contributed by atoms with E-state index in [4.69, 9.17) is 23.2 Å². The van der Waals surface area contributed by atoms with Gasteiger partial charge in [-0.15, -0.1) is 0 Å². The van der Waals surface area contributed by atoms with Crippen molar-refractivity contribution < 1.29 is 4.79 Å². The van der Waals surface area contributed by atoms with Crippen molar-refractivity contribution in [1.82, 2.24) is 4.90 Å². The van der Waals surface area contributed by atoms with Gasteiger partial charge in [-0.1, -0.05) is 60.5 Å². The van der Waals surface area contributed by atoms with E-state index in [1.165, 1.54) is 5.56 Å². The quantitative estimate of drug-likeness (QED) is 0.681. The van der Waals surface area contributed by atoms with Crippen molar-refractivity contribution in [2.24, 2.45) is 0 Å². The van der Waals surface area contributed by atoms with Gasteiger partial charge in [0, 0.05) is 37.1 Å². The van der Waals surface area contributed by atoms with E-state index >= 15 is 0 Å². The maximum Gasteiger partial charge on any atom is 0.227 e. The second kappa shape index (κ2) is 8.90. The first kappa shape index (κ1) is 19.2. The molecule has 0 N–H and O–H groups in total. The fourth-order valence-electron chi connectivity index (χ4n) is 3.55. The normalized spacial score (nSPS) is 15.8. The van der Waals surface area contributed by atoms with E-state index in [0.717, 1.165) is 38.2 Å². The number of carbonyl (C=O) groups is 1. The van der Waals surface area contributed by atoms with Crippen molar-refractivity contribution in [1.29, 1.82) is 0 Å². The molecule has 1 amide bonds. The molecule has 0 radical (unpaired) electrons. The predicted octanol–water partition coefficient (Wildman–Crippen LogP) is 5.40. The van der Waals surface area contributed by atoms with Gasteiger partial charge in [0.05, 0.1) is 10.7 Å². The second-order valence-electron chi connectivity index (χ2n) is 6.71. The minimum absolute atomic E-state index is 0.0932. The van der Waals surface area contributed by atoms with Crippen LogP contribution < -0.4 is 4.90 Å². The topological polar surface area (TPSA) is 23.6 Å². The molecule has 3 nitrogen and oxygen atoms in total. The SMILES string of the molecule is CCC(=O)N(c1cc(Cl)ccc1Cl)C1CCN(Cc2ccccc2)CC1. The zero-order valence-corrected chi connectivity index (χ0v) is 16.5. The number of likely N-dealkylation sites (tertiary alicyclic amines) is 1. The first-order chi connectivity index (χ1) is 12.6. The lowest BCUT2D eigenvalue weighted by atomic mass is 10.0. The number of rotatable bonds is 5. The number of hydrogen-bond donors (Lipinski definition) is 0. The number of carbonyl (C=O) groups excluding carboxylic acids is 1. The highest BCUT2D eigenvalue weighted by Crippen LogP contribution is 2.33. The van der Waals surface area contributed by atoms with Crippen LogP contribution in [0.5, 0.6) is 0 Å². The highest BCUT2D eigenvalue weighted by molar-refractivity contribution is 6.35. The molecule has 2 aromatic carbocycles. The summed E-state index contributed by atoms with van der Waals surface area (Å²) >= 11 is 12.5. The Hall–Kier alpha value is -1.55. The Kier molecular flexibility index (Phi) is 6.58. The molecule has 0 aliphatic carbocycles. The van der Waals surface area contributed by atoms with E-state index in [2.05, 4.69) is 29.2 Å². The highest BCUT2D eigenvalue weighted by Gasteiger charge is 2.29. The Balaban J connectivity index is 1.71. The molecule has 5 heteroatoms. The number of nitrogens with zero attached hydrogens (tertiary/aromatic N) is 2. The molecule has 1 heterocycles. The molecule has 0 unspecified atom stereocenters. The number of halogens is 2. The van der Waals surface area contributed by atoms with Gasteiger partial charge < -0.3 is 4.90 Å². The van der Waals surface area contributed by atoms with Gasteiger partial charge in [-0.2, -0.15) is 0 Å². The maximum absolute atomic E-state index is 12.7. The molecule has 138 valence electrons. The van der Waals surface area contributed by atoms with Crippen LogP contribution in [0.15, 0.2) is 48.5 Å². The Morgan fingerprint density at radius 3 is 2.46 bits per heavy atom. The molecular formula is C21H24Cl2N2O. The van der Waals surface area contributed by atoms with Gasteiger partial charge in [0.15, 0.2) is 0 Å². The van der Waals surface area contributed by atoms with Crippen LogP contribution in [0.25, 0.3) is 0 Å². The summed E-state index contributed by atoms with van der Waals surface area (Å²) in [7, 11) is 0. The third-order valence-corrected chi connectivity index (χ3v) is 5.46. The fraction of sp³-hybridized carbons (Fsp3) is 0.381. The first-order valence-electron chi connectivity index (χ1n) is 9.12. The maximum atomic E-state index is 12.7. The summed E-state index contributed by atoms with van der Waals surface area (Å²) in [5, 5.41) is 1.17. The van der Waals surface area contributed by atoms with Crippen molar-refractivity contribution in [3.8, 4) is 0 Å². The Labute approximate surface area is 165 Å². The van der Waals surface area contributed by atoms with Crippen molar-refractivity contribution in [3.63, 3.8) is 0 Å². The average molecular weight is 391 g/mol. The van der Waals surface area contributed by atoms with E-state index in [1.54, 1.807) is 18.2 Å². The smallest absolute Gasteiger partial charge is 0.227 e. The Morgan fingerprint density at radius 1 is 1.12 bits per heavy atom. The molecule has 26 heavy (non-hydrogen) atoms. The molecule has 0 bridgehead atoms. The largest absolute Gasteiger partial charge is 0.308 e. The van der Waals surface area contributed by atoms with Crippen LogP contribution in [-0.2, 0) is 11.3 Å². The summed E-state index contributed by atoms with van der Waals surface area (Å²) in [5.74, 6) is 0.0932. The van der Waals surface area contributed by atoms with E-state index in [1.807, 2.05) is 17.9 Å². The van der Waals surface area contributed by atoms with Crippen molar-refractivity contribution in [3.05, 3.63) is 64.1 Å². The lowest BCUT2D eigenvalue weighted by molar-refractivity contribution is -0.119. The van der Waals surface area contributed by atoms with Gasteiger partial charge in [0.1, 0.15) is 0 Å². The molecule has 0 spiro atoms. The molecule has 1 aliphatic rings. The summed E-state index contributed by atoms with van der Waals surface area (Å²) in [4.78, 5) is 17.0. The Bertz CT molecular complexity index is 743. The lowest BCUT2D eigenvalue weighted by Crippen LogP contribution is -2.47. The molecule has 1 fully saturated rings. The van der Waals surface area contributed by atoms with Crippen LogP contribution >= 0.6 is 23.2 Å². The van der Waals surface area contributed by atoms with Crippen LogP contribution in [0.3, 0.4) is 0 Å². The van der Waals surface area contributed by atoms with Gasteiger partial charge in [0.25, 0.3) is 0 Å². The summed E-state index contributed by atoms with van der Waals surface area (Å²) in [5.41, 5.74) is 2.05. The number of benzene rings is 2. The molecule has 0 aromatic heterocycles. The van der Waals surface area contributed by atoms with E-state index < -0.39 is 0 Å². The zero-order chi connectivity index (χ0) is 18.5. The van der Waals surface area contributed by atoms with E-state index in [-0.39, 0.29) is 11.9 Å². The summed E-state index contributed by atoms with van der Waals surface area (Å²) in [6.45, 7) is 4.77. The second-order valence-corrected chi connectivity index (χ2v) is 7.55. The molecule has 3 rings (SSSR count). The summed E-state index contributed by atoms with van der Waals surface area (Å²) in [6.07, 6.45) is 2.32. The van der Waals surface area contributed by atoms with Crippen LogP contribution in [0.4, 0.5) is 5.69 Å². The van der Waals surface area contributed by atoms with Crippen molar-refractivity contribution >= 4 is 34.8 Å².